The molecule has 2 aliphatic carbocycles. The lowest BCUT2D eigenvalue weighted by molar-refractivity contribution is -0.120. The number of anilines is 1. The molecule has 1 unspecified atom stereocenters. The Morgan fingerprint density at radius 3 is 2.76 bits per heavy atom. The maximum atomic E-state index is 15.6. The Hall–Kier alpha value is -3.82. The van der Waals surface area contributed by atoms with Gasteiger partial charge >= 0.3 is 0 Å². The summed E-state index contributed by atoms with van der Waals surface area (Å²) in [6, 6.07) is 10.6. The number of ether oxygens (including phenoxy) is 1. The number of hydrogen-bond donors (Lipinski definition) is 1. The van der Waals surface area contributed by atoms with Crippen LogP contribution in [0.2, 0.25) is 5.02 Å². The van der Waals surface area contributed by atoms with Crippen molar-refractivity contribution in [3.63, 3.8) is 0 Å². The Kier molecular flexibility index (Phi) is 6.36. The number of halogens is 2. The Morgan fingerprint density at radius 1 is 1.19 bits per heavy atom. The molecule has 7 rings (SSSR count). The number of fused-ring (bicyclic) bond motifs is 1. The molecule has 8 nitrogen and oxygen atoms in total. The lowest BCUT2D eigenvalue weighted by Gasteiger charge is -2.17. The van der Waals surface area contributed by atoms with Crippen LogP contribution in [0.1, 0.15) is 66.2 Å². The number of benzene rings is 1. The molecule has 1 aliphatic heterocycles. The van der Waals surface area contributed by atoms with Gasteiger partial charge in [-0.3, -0.25) is 23.8 Å². The van der Waals surface area contributed by atoms with Crippen LogP contribution in [-0.2, 0) is 22.7 Å². The molecule has 0 spiro atoms. The fourth-order valence-corrected chi connectivity index (χ4v) is 6.16. The van der Waals surface area contributed by atoms with Crippen LogP contribution in [-0.4, -0.2) is 31.8 Å². The second-order valence-corrected chi connectivity index (χ2v) is 12.4. The molecule has 0 bridgehead atoms. The van der Waals surface area contributed by atoms with E-state index in [0.717, 1.165) is 54.0 Å². The molecule has 4 aromatic rings. The maximum Gasteiger partial charge on any atom is 0.274 e. The van der Waals surface area contributed by atoms with Crippen molar-refractivity contribution < 1.29 is 13.9 Å². The predicted molar refractivity (Wildman–Crippen MR) is 158 cm³/mol. The van der Waals surface area contributed by atoms with Crippen molar-refractivity contribution in [2.45, 2.75) is 65.0 Å². The fraction of sp³-hybridized carbons (Fsp3) is 0.375. The van der Waals surface area contributed by atoms with Crippen LogP contribution >= 0.6 is 11.6 Å². The van der Waals surface area contributed by atoms with Gasteiger partial charge in [0.25, 0.3) is 5.56 Å². The third kappa shape index (κ3) is 4.55. The van der Waals surface area contributed by atoms with E-state index in [1.165, 1.54) is 0 Å². The largest absolute Gasteiger partial charge is 0.373 e. The lowest BCUT2D eigenvalue weighted by atomic mass is 10.0. The zero-order valence-electron chi connectivity index (χ0n) is 23.7. The van der Waals surface area contributed by atoms with E-state index in [9.17, 15) is 9.59 Å². The monoisotopic (exact) mass is 587 g/mol. The number of pyridine rings is 2. The Balaban J connectivity index is 1.21. The van der Waals surface area contributed by atoms with Crippen LogP contribution < -0.4 is 10.9 Å². The number of carbonyl (C=O) groups is 1. The summed E-state index contributed by atoms with van der Waals surface area (Å²) < 4.78 is 24.7. The molecular formula is C32H31ClFN5O3. The van der Waals surface area contributed by atoms with E-state index in [1.54, 1.807) is 35.0 Å². The predicted octanol–water partition coefficient (Wildman–Crippen LogP) is 6.05. The van der Waals surface area contributed by atoms with E-state index in [2.05, 4.69) is 16.4 Å². The average molecular weight is 588 g/mol. The molecule has 2 saturated carbocycles. The number of nitrogens with one attached hydrogen (secondary N) is 1. The summed E-state index contributed by atoms with van der Waals surface area (Å²) in [6.45, 7) is 7.57. The maximum absolute atomic E-state index is 15.6. The van der Waals surface area contributed by atoms with E-state index < -0.39 is 11.2 Å². The number of rotatable bonds is 6. The van der Waals surface area contributed by atoms with Crippen molar-refractivity contribution in [3.8, 4) is 16.9 Å². The quantitative estimate of drug-likeness (QED) is 0.297. The summed E-state index contributed by atoms with van der Waals surface area (Å²) in [6.07, 6.45) is 4.08. The molecule has 3 aromatic heterocycles. The third-order valence-corrected chi connectivity index (χ3v) is 9.28. The van der Waals surface area contributed by atoms with Gasteiger partial charge in [0.15, 0.2) is 5.82 Å². The van der Waals surface area contributed by atoms with E-state index in [1.807, 2.05) is 31.5 Å². The first-order chi connectivity index (χ1) is 20.1. The first-order valence-corrected chi connectivity index (χ1v) is 14.7. The number of hydrogen-bond acceptors (Lipinski definition) is 5. The highest BCUT2D eigenvalue weighted by molar-refractivity contribution is 6.31. The smallest absolute Gasteiger partial charge is 0.274 e. The highest BCUT2D eigenvalue weighted by atomic mass is 35.5. The normalized spacial score (nSPS) is 20.2. The van der Waals surface area contributed by atoms with Crippen molar-refractivity contribution in [3.05, 3.63) is 92.0 Å². The summed E-state index contributed by atoms with van der Waals surface area (Å²) in [4.78, 5) is 30.8. The second kappa shape index (κ2) is 9.88. The van der Waals surface area contributed by atoms with Crippen LogP contribution in [0.5, 0.6) is 0 Å². The van der Waals surface area contributed by atoms with Gasteiger partial charge in [-0.25, -0.2) is 4.39 Å². The van der Waals surface area contributed by atoms with E-state index in [-0.39, 0.29) is 39.6 Å². The minimum atomic E-state index is -0.567. The molecule has 10 heteroatoms. The lowest BCUT2D eigenvalue weighted by Crippen LogP contribution is -2.23. The molecule has 4 heterocycles. The first kappa shape index (κ1) is 27.0. The van der Waals surface area contributed by atoms with Crippen molar-refractivity contribution in [2.24, 2.45) is 5.41 Å². The fourth-order valence-electron chi connectivity index (χ4n) is 5.88. The van der Waals surface area contributed by atoms with Gasteiger partial charge in [0.2, 0.25) is 5.91 Å². The second-order valence-electron chi connectivity index (χ2n) is 12.0. The number of amides is 1. The van der Waals surface area contributed by atoms with Gasteiger partial charge in [0.1, 0.15) is 5.02 Å². The van der Waals surface area contributed by atoms with E-state index in [4.69, 9.17) is 21.4 Å². The van der Waals surface area contributed by atoms with Crippen molar-refractivity contribution in [2.75, 3.05) is 11.9 Å². The number of aryl methyl sites for hydroxylation is 2. The topological polar surface area (TPSA) is 91.0 Å². The Labute approximate surface area is 247 Å². The van der Waals surface area contributed by atoms with Crippen molar-refractivity contribution >= 4 is 23.2 Å². The summed E-state index contributed by atoms with van der Waals surface area (Å²) >= 11 is 6.76. The molecule has 0 saturated heterocycles. The Morgan fingerprint density at radius 2 is 2.00 bits per heavy atom. The Bertz CT molecular complexity index is 1800. The van der Waals surface area contributed by atoms with E-state index >= 15 is 4.39 Å². The molecular weight excluding hydrogens is 557 g/mol. The summed E-state index contributed by atoms with van der Waals surface area (Å²) in [5, 5.41) is 7.69. The zero-order valence-corrected chi connectivity index (χ0v) is 24.5. The van der Waals surface area contributed by atoms with Crippen LogP contribution in [0.25, 0.3) is 16.9 Å². The van der Waals surface area contributed by atoms with Crippen LogP contribution in [0.4, 0.5) is 10.1 Å². The third-order valence-electron chi connectivity index (χ3n) is 8.90. The van der Waals surface area contributed by atoms with Crippen molar-refractivity contribution in [1.29, 1.82) is 0 Å². The molecule has 42 heavy (non-hydrogen) atoms. The van der Waals surface area contributed by atoms with E-state index in [0.29, 0.717) is 24.6 Å². The highest BCUT2D eigenvalue weighted by Crippen LogP contribution is 2.55. The van der Waals surface area contributed by atoms with Gasteiger partial charge in [-0.2, -0.15) is 5.10 Å². The summed E-state index contributed by atoms with van der Waals surface area (Å²) in [5.74, 6) is -0.423. The zero-order chi connectivity index (χ0) is 29.3. The molecule has 2 fully saturated rings. The number of aromatic nitrogens is 4. The van der Waals surface area contributed by atoms with Crippen LogP contribution in [0.15, 0.2) is 47.4 Å². The molecule has 2 atom stereocenters. The van der Waals surface area contributed by atoms with Crippen LogP contribution in [0, 0.1) is 25.1 Å². The molecule has 1 amide bonds. The van der Waals surface area contributed by atoms with Gasteiger partial charge in [-0.1, -0.05) is 24.6 Å². The standard InChI is InChI=1S/C32H31ClFN5O3/c1-17-15-35-25(20-5-4-6-24(29(20)34)36-31(41)32(3)7-8-32)14-27(17)39-18(2)11-23(28(33)30(39)40)21-13-22(21)26-12-19-16-42-10-9-38(19)37-26/h4-6,11-12,14-15,21-22H,7-10,13,16H2,1-3H3,(H,36,41)/t21-,22?/m1/s1. The molecule has 1 aromatic carbocycles. The minimum Gasteiger partial charge on any atom is -0.373 e. The molecule has 1 N–H and O–H groups in total. The minimum absolute atomic E-state index is 0.111. The average Bonchev–Trinajstić information content (AvgIpc) is 3.89. The number of carbonyl (C=O) groups excluding carboxylic acids is 1. The van der Waals surface area contributed by atoms with Gasteiger partial charge < -0.3 is 10.1 Å². The number of nitrogens with zero attached hydrogens (tertiary/aromatic N) is 4. The summed E-state index contributed by atoms with van der Waals surface area (Å²) in [7, 11) is 0. The first-order valence-electron chi connectivity index (χ1n) is 14.3. The van der Waals surface area contributed by atoms with Crippen molar-refractivity contribution in [1.82, 2.24) is 19.3 Å². The highest BCUT2D eigenvalue weighted by Gasteiger charge is 2.45. The SMILES string of the molecule is Cc1cnc(-c2cccc(NC(=O)C3(C)CC3)c2F)cc1-n1c(C)cc([C@@H]2CC2c2cc3n(n2)CCOC3)c(Cl)c1=O. The molecule has 3 aliphatic rings. The van der Waals surface area contributed by atoms with Gasteiger partial charge in [0, 0.05) is 28.8 Å². The molecule has 216 valence electrons. The molecule has 0 radical (unpaired) electrons. The van der Waals surface area contributed by atoms with Gasteiger partial charge in [-0.05, 0) is 80.5 Å². The van der Waals surface area contributed by atoms with Gasteiger partial charge in [0.05, 0.1) is 48.2 Å². The van der Waals surface area contributed by atoms with Crippen LogP contribution in [0.3, 0.4) is 0 Å². The van der Waals surface area contributed by atoms with Gasteiger partial charge in [-0.15, -0.1) is 0 Å². The summed E-state index contributed by atoms with van der Waals surface area (Å²) in [5.41, 5.74) is 4.89.